The van der Waals surface area contributed by atoms with E-state index in [1.807, 2.05) is 0 Å². The van der Waals surface area contributed by atoms with E-state index >= 15 is 0 Å². The van der Waals surface area contributed by atoms with Crippen molar-refractivity contribution in [2.75, 3.05) is 6.54 Å². The van der Waals surface area contributed by atoms with Crippen LogP contribution < -0.4 is 5.32 Å². The Balaban J connectivity index is 2.16. The molecule has 0 saturated carbocycles. The first-order chi connectivity index (χ1) is 6.72. The zero-order valence-corrected chi connectivity index (χ0v) is 8.23. The molecule has 0 aliphatic carbocycles. The average molecular weight is 194 g/mol. The summed E-state index contributed by atoms with van der Waals surface area (Å²) in [6, 6.07) is 0. The Labute approximate surface area is 82.8 Å². The quantitative estimate of drug-likeness (QED) is 0.532. The maximum Gasteiger partial charge on any atom is 0.243 e. The van der Waals surface area contributed by atoms with Crippen molar-refractivity contribution in [2.45, 2.75) is 12.8 Å². The Bertz CT molecular complexity index is 318. The molecule has 0 fully saturated rings. The zero-order valence-electron chi connectivity index (χ0n) is 8.23. The normalized spacial score (nSPS) is 9.79. The fourth-order valence-electron chi connectivity index (χ4n) is 1.06. The molecule has 1 rings (SSSR count). The van der Waals surface area contributed by atoms with Crippen molar-refractivity contribution in [1.29, 1.82) is 0 Å². The lowest BCUT2D eigenvalue weighted by Gasteiger charge is -1.99. The van der Waals surface area contributed by atoms with Gasteiger partial charge in [0, 0.05) is 13.6 Å². The number of carbonyl (C=O) groups is 1. The van der Waals surface area contributed by atoms with Gasteiger partial charge in [-0.15, -0.1) is 0 Å². The van der Waals surface area contributed by atoms with Gasteiger partial charge in [0.2, 0.25) is 5.91 Å². The predicted octanol–water partition coefficient (Wildman–Crippen LogP) is 0.0499. The van der Waals surface area contributed by atoms with Gasteiger partial charge in [-0.25, -0.2) is 0 Å². The van der Waals surface area contributed by atoms with Crippen molar-refractivity contribution >= 4 is 5.91 Å². The average Bonchev–Trinajstić information content (AvgIpc) is 2.58. The first-order valence-corrected chi connectivity index (χ1v) is 4.48. The van der Waals surface area contributed by atoms with Crippen molar-refractivity contribution < 1.29 is 4.79 Å². The largest absolute Gasteiger partial charge is 0.353 e. The molecule has 0 saturated heterocycles. The van der Waals surface area contributed by atoms with E-state index in [-0.39, 0.29) is 5.91 Å². The second kappa shape index (κ2) is 5.16. The first-order valence-electron chi connectivity index (χ1n) is 4.48. The van der Waals surface area contributed by atoms with Gasteiger partial charge < -0.3 is 5.32 Å². The third-order valence-corrected chi connectivity index (χ3v) is 1.74. The number of aromatic nitrogens is 3. The first kappa shape index (κ1) is 10.4. The molecule has 1 amide bonds. The molecule has 1 aromatic rings. The molecule has 0 spiro atoms. The summed E-state index contributed by atoms with van der Waals surface area (Å²) in [5.74, 6) is -0.135. The highest BCUT2D eigenvalue weighted by Crippen LogP contribution is 1.95. The molecule has 5 nitrogen and oxygen atoms in total. The van der Waals surface area contributed by atoms with E-state index in [1.165, 1.54) is 10.9 Å². The number of carbonyl (C=O) groups excluding carboxylic acids is 1. The Morgan fingerprint density at radius 2 is 2.57 bits per heavy atom. The van der Waals surface area contributed by atoms with Crippen LogP contribution in [0.15, 0.2) is 18.9 Å². The van der Waals surface area contributed by atoms with E-state index in [0.29, 0.717) is 6.54 Å². The molecule has 5 heteroatoms. The van der Waals surface area contributed by atoms with Gasteiger partial charge in [-0.3, -0.25) is 4.79 Å². The third kappa shape index (κ3) is 3.38. The molecular formula is C9H14N4O. The number of aryl methyl sites for hydroxylation is 2. The maximum atomic E-state index is 10.8. The lowest BCUT2D eigenvalue weighted by molar-refractivity contribution is -0.116. The smallest absolute Gasteiger partial charge is 0.243 e. The minimum atomic E-state index is -0.135. The van der Waals surface area contributed by atoms with Crippen LogP contribution >= 0.6 is 0 Å². The molecule has 0 aliphatic heterocycles. The zero-order chi connectivity index (χ0) is 10.4. The topological polar surface area (TPSA) is 59.8 Å². The van der Waals surface area contributed by atoms with Gasteiger partial charge in [-0.2, -0.15) is 15.0 Å². The van der Waals surface area contributed by atoms with Crippen LogP contribution in [0.2, 0.25) is 0 Å². The van der Waals surface area contributed by atoms with Crippen LogP contribution in [0, 0.1) is 0 Å². The molecule has 0 aliphatic rings. The molecule has 0 bridgehead atoms. The third-order valence-electron chi connectivity index (χ3n) is 1.74. The Morgan fingerprint density at radius 3 is 3.14 bits per heavy atom. The standard InChI is InChI=1S/C9H14N4O/c1-3-9(14)10-6-4-5-8-7-11-13(2)12-8/h3,7H,1,4-6H2,2H3,(H,10,14). The van der Waals surface area contributed by atoms with Gasteiger partial charge in [0.1, 0.15) is 0 Å². The maximum absolute atomic E-state index is 10.8. The molecule has 0 aromatic carbocycles. The van der Waals surface area contributed by atoms with Crippen LogP contribution in [-0.4, -0.2) is 27.4 Å². The molecule has 1 aromatic heterocycles. The summed E-state index contributed by atoms with van der Waals surface area (Å²) < 4.78 is 0. The predicted molar refractivity (Wildman–Crippen MR) is 52.5 cm³/mol. The summed E-state index contributed by atoms with van der Waals surface area (Å²) in [7, 11) is 1.78. The van der Waals surface area contributed by atoms with E-state index in [9.17, 15) is 4.79 Å². The molecule has 0 radical (unpaired) electrons. The van der Waals surface area contributed by atoms with Crippen LogP contribution in [0.25, 0.3) is 0 Å². The van der Waals surface area contributed by atoms with Crippen molar-refractivity contribution in [3.05, 3.63) is 24.5 Å². The van der Waals surface area contributed by atoms with Crippen LogP contribution in [0.3, 0.4) is 0 Å². The number of rotatable bonds is 5. The molecule has 1 heterocycles. The highest BCUT2D eigenvalue weighted by molar-refractivity contribution is 5.86. The lowest BCUT2D eigenvalue weighted by Crippen LogP contribution is -2.22. The highest BCUT2D eigenvalue weighted by atomic mass is 16.1. The van der Waals surface area contributed by atoms with E-state index in [2.05, 4.69) is 22.1 Å². The monoisotopic (exact) mass is 194 g/mol. The number of amides is 1. The van der Waals surface area contributed by atoms with E-state index in [1.54, 1.807) is 13.2 Å². The van der Waals surface area contributed by atoms with Crippen LogP contribution in [0.1, 0.15) is 12.1 Å². The van der Waals surface area contributed by atoms with Crippen LogP contribution in [0.5, 0.6) is 0 Å². The number of hydrogen-bond donors (Lipinski definition) is 1. The van der Waals surface area contributed by atoms with E-state index in [4.69, 9.17) is 0 Å². The summed E-state index contributed by atoms with van der Waals surface area (Å²) in [5.41, 5.74) is 0.945. The minimum absolute atomic E-state index is 0.135. The SMILES string of the molecule is C=CC(=O)NCCCc1cnn(C)n1. The van der Waals surface area contributed by atoms with Crippen LogP contribution in [-0.2, 0) is 18.3 Å². The summed E-state index contributed by atoms with van der Waals surface area (Å²) in [6.07, 6.45) is 4.68. The molecule has 0 unspecified atom stereocenters. The van der Waals surface area contributed by atoms with Gasteiger partial charge in [0.15, 0.2) is 0 Å². The molecule has 76 valence electrons. The molecule has 14 heavy (non-hydrogen) atoms. The fourth-order valence-corrected chi connectivity index (χ4v) is 1.06. The Kier molecular flexibility index (Phi) is 3.84. The molecule has 0 atom stereocenters. The highest BCUT2D eigenvalue weighted by Gasteiger charge is 1.98. The second-order valence-corrected chi connectivity index (χ2v) is 2.92. The van der Waals surface area contributed by atoms with Gasteiger partial charge in [-0.1, -0.05) is 6.58 Å². The second-order valence-electron chi connectivity index (χ2n) is 2.92. The van der Waals surface area contributed by atoms with Crippen molar-refractivity contribution in [1.82, 2.24) is 20.3 Å². The Morgan fingerprint density at radius 1 is 1.79 bits per heavy atom. The minimum Gasteiger partial charge on any atom is -0.353 e. The molecule has 1 N–H and O–H groups in total. The van der Waals surface area contributed by atoms with Gasteiger partial charge in [-0.05, 0) is 18.9 Å². The fraction of sp³-hybridized carbons (Fsp3) is 0.444. The van der Waals surface area contributed by atoms with Crippen molar-refractivity contribution in [2.24, 2.45) is 7.05 Å². The number of nitrogens with zero attached hydrogens (tertiary/aromatic N) is 3. The molecular weight excluding hydrogens is 180 g/mol. The van der Waals surface area contributed by atoms with E-state index in [0.717, 1.165) is 18.5 Å². The van der Waals surface area contributed by atoms with Gasteiger partial charge in [0.25, 0.3) is 0 Å². The number of hydrogen-bond acceptors (Lipinski definition) is 3. The van der Waals surface area contributed by atoms with Gasteiger partial charge in [0.05, 0.1) is 11.9 Å². The van der Waals surface area contributed by atoms with Crippen molar-refractivity contribution in [3.63, 3.8) is 0 Å². The van der Waals surface area contributed by atoms with Crippen molar-refractivity contribution in [3.8, 4) is 0 Å². The summed E-state index contributed by atoms with van der Waals surface area (Å²) in [5, 5.41) is 10.8. The summed E-state index contributed by atoms with van der Waals surface area (Å²) in [6.45, 7) is 4.00. The van der Waals surface area contributed by atoms with Crippen LogP contribution in [0.4, 0.5) is 0 Å². The van der Waals surface area contributed by atoms with Gasteiger partial charge >= 0.3 is 0 Å². The summed E-state index contributed by atoms with van der Waals surface area (Å²) >= 11 is 0. The van der Waals surface area contributed by atoms with E-state index < -0.39 is 0 Å². The lowest BCUT2D eigenvalue weighted by atomic mass is 10.2. The Hall–Kier alpha value is -1.65. The number of nitrogens with one attached hydrogen (secondary N) is 1. The summed E-state index contributed by atoms with van der Waals surface area (Å²) in [4.78, 5) is 12.3.